The SMILES string of the molecule is C[C@@H](CC(=O)O)C(=O)c1ccc([N+](=O)[O-])cc1. The number of ketones is 1. The van der Waals surface area contributed by atoms with Crippen molar-refractivity contribution in [2.45, 2.75) is 13.3 Å². The Labute approximate surface area is 97.0 Å². The van der Waals surface area contributed by atoms with Gasteiger partial charge in [-0.25, -0.2) is 0 Å². The molecule has 1 aromatic carbocycles. The normalized spacial score (nSPS) is 11.8. The van der Waals surface area contributed by atoms with Gasteiger partial charge in [-0.15, -0.1) is 0 Å². The topological polar surface area (TPSA) is 97.5 Å². The van der Waals surface area contributed by atoms with Gasteiger partial charge in [0.15, 0.2) is 5.78 Å². The second-order valence-corrected chi connectivity index (χ2v) is 3.67. The summed E-state index contributed by atoms with van der Waals surface area (Å²) < 4.78 is 0. The maximum absolute atomic E-state index is 11.7. The molecule has 0 fully saturated rings. The van der Waals surface area contributed by atoms with Crippen molar-refractivity contribution in [3.63, 3.8) is 0 Å². The van der Waals surface area contributed by atoms with Crippen LogP contribution < -0.4 is 0 Å². The summed E-state index contributed by atoms with van der Waals surface area (Å²) in [5.74, 6) is -2.02. The van der Waals surface area contributed by atoms with E-state index in [0.29, 0.717) is 0 Å². The molecule has 0 aliphatic heterocycles. The molecular weight excluding hydrogens is 226 g/mol. The zero-order valence-electron chi connectivity index (χ0n) is 9.12. The number of carbonyl (C=O) groups is 2. The average molecular weight is 237 g/mol. The van der Waals surface area contributed by atoms with Crippen LogP contribution in [0.3, 0.4) is 0 Å². The van der Waals surface area contributed by atoms with Crippen molar-refractivity contribution in [3.05, 3.63) is 39.9 Å². The molecule has 0 aliphatic carbocycles. The molecule has 1 atom stereocenters. The van der Waals surface area contributed by atoms with Crippen LogP contribution in [0.15, 0.2) is 24.3 Å². The van der Waals surface area contributed by atoms with E-state index in [1.54, 1.807) is 0 Å². The number of nitro benzene ring substituents is 1. The summed E-state index contributed by atoms with van der Waals surface area (Å²) in [6.07, 6.45) is -0.254. The van der Waals surface area contributed by atoms with Gasteiger partial charge in [0.2, 0.25) is 0 Å². The van der Waals surface area contributed by atoms with Gasteiger partial charge < -0.3 is 5.11 Å². The number of rotatable bonds is 5. The Bertz CT molecular complexity index is 451. The minimum Gasteiger partial charge on any atom is -0.481 e. The lowest BCUT2D eigenvalue weighted by Gasteiger charge is -2.07. The number of nitrogens with zero attached hydrogens (tertiary/aromatic N) is 1. The molecule has 0 saturated carbocycles. The molecule has 6 heteroatoms. The number of benzene rings is 1. The van der Waals surface area contributed by atoms with Gasteiger partial charge in [0, 0.05) is 23.6 Å². The molecule has 0 radical (unpaired) electrons. The van der Waals surface area contributed by atoms with E-state index < -0.39 is 16.8 Å². The Morgan fingerprint density at radius 2 is 1.88 bits per heavy atom. The first kappa shape index (κ1) is 12.8. The quantitative estimate of drug-likeness (QED) is 0.479. The lowest BCUT2D eigenvalue weighted by molar-refractivity contribution is -0.384. The Hall–Kier alpha value is -2.24. The molecule has 1 N–H and O–H groups in total. The summed E-state index contributed by atoms with van der Waals surface area (Å²) in [7, 11) is 0. The van der Waals surface area contributed by atoms with Crippen molar-refractivity contribution in [2.75, 3.05) is 0 Å². The molecule has 90 valence electrons. The third kappa shape index (κ3) is 3.37. The second-order valence-electron chi connectivity index (χ2n) is 3.67. The third-order valence-electron chi connectivity index (χ3n) is 2.29. The van der Waals surface area contributed by atoms with Crippen molar-refractivity contribution < 1.29 is 19.6 Å². The van der Waals surface area contributed by atoms with Crippen molar-refractivity contribution >= 4 is 17.4 Å². The summed E-state index contributed by atoms with van der Waals surface area (Å²) in [6, 6.07) is 5.11. The fourth-order valence-electron chi connectivity index (χ4n) is 1.39. The molecule has 0 heterocycles. The van der Waals surface area contributed by atoms with Gasteiger partial charge in [-0.3, -0.25) is 19.7 Å². The highest BCUT2D eigenvalue weighted by molar-refractivity contribution is 5.99. The smallest absolute Gasteiger partial charge is 0.304 e. The molecule has 6 nitrogen and oxygen atoms in total. The zero-order valence-corrected chi connectivity index (χ0v) is 9.12. The highest BCUT2D eigenvalue weighted by Gasteiger charge is 2.18. The van der Waals surface area contributed by atoms with Crippen LogP contribution in [-0.2, 0) is 4.79 Å². The van der Waals surface area contributed by atoms with E-state index in [0.717, 1.165) is 0 Å². The van der Waals surface area contributed by atoms with Crippen LogP contribution in [0.4, 0.5) is 5.69 Å². The highest BCUT2D eigenvalue weighted by atomic mass is 16.6. The van der Waals surface area contributed by atoms with Gasteiger partial charge in [0.05, 0.1) is 11.3 Å². The van der Waals surface area contributed by atoms with Crippen molar-refractivity contribution in [3.8, 4) is 0 Å². The molecule has 0 amide bonds. The van der Waals surface area contributed by atoms with E-state index in [4.69, 9.17) is 5.11 Å². The van der Waals surface area contributed by atoms with Gasteiger partial charge in [-0.1, -0.05) is 6.92 Å². The largest absolute Gasteiger partial charge is 0.481 e. The van der Waals surface area contributed by atoms with Crippen LogP contribution in [0.25, 0.3) is 0 Å². The van der Waals surface area contributed by atoms with E-state index in [-0.39, 0.29) is 23.5 Å². The van der Waals surface area contributed by atoms with Crippen LogP contribution in [-0.4, -0.2) is 21.8 Å². The lowest BCUT2D eigenvalue weighted by Crippen LogP contribution is -2.15. The molecular formula is C11H11NO5. The summed E-state index contributed by atoms with van der Waals surface area (Å²) in [5.41, 5.74) is 0.178. The van der Waals surface area contributed by atoms with Crippen LogP contribution in [0, 0.1) is 16.0 Å². The molecule has 0 aromatic heterocycles. The number of carboxylic acids is 1. The Morgan fingerprint density at radius 3 is 2.29 bits per heavy atom. The van der Waals surface area contributed by atoms with E-state index in [1.807, 2.05) is 0 Å². The molecule has 17 heavy (non-hydrogen) atoms. The predicted octanol–water partition coefficient (Wildman–Crippen LogP) is 1.89. The fraction of sp³-hybridized carbons (Fsp3) is 0.273. The number of aliphatic carboxylic acids is 1. The number of hydrogen-bond acceptors (Lipinski definition) is 4. The monoisotopic (exact) mass is 237 g/mol. The summed E-state index contributed by atoms with van der Waals surface area (Å²) >= 11 is 0. The van der Waals surface area contributed by atoms with Crippen molar-refractivity contribution in [1.82, 2.24) is 0 Å². The average Bonchev–Trinajstić information content (AvgIpc) is 2.27. The first-order valence-corrected chi connectivity index (χ1v) is 4.92. The van der Waals surface area contributed by atoms with Crippen LogP contribution in [0.5, 0.6) is 0 Å². The van der Waals surface area contributed by atoms with E-state index >= 15 is 0 Å². The van der Waals surface area contributed by atoms with Crippen molar-refractivity contribution in [2.24, 2.45) is 5.92 Å². The number of Topliss-reactive ketones (excluding diaryl/α,β-unsaturated/α-hetero) is 1. The standard InChI is InChI=1S/C11H11NO5/c1-7(6-10(13)14)11(15)8-2-4-9(5-3-8)12(16)17/h2-5,7H,6H2,1H3,(H,13,14)/t7-/m0/s1. The van der Waals surface area contributed by atoms with Crippen LogP contribution in [0.1, 0.15) is 23.7 Å². The number of nitro groups is 1. The Kier molecular flexibility index (Phi) is 3.92. The minimum atomic E-state index is -1.05. The van der Waals surface area contributed by atoms with Crippen molar-refractivity contribution in [1.29, 1.82) is 0 Å². The van der Waals surface area contributed by atoms with Gasteiger partial charge in [0.1, 0.15) is 0 Å². The van der Waals surface area contributed by atoms with Gasteiger partial charge in [0.25, 0.3) is 5.69 Å². The molecule has 1 rings (SSSR count). The Balaban J connectivity index is 2.82. The summed E-state index contributed by atoms with van der Waals surface area (Å²) in [5, 5.41) is 19.0. The highest BCUT2D eigenvalue weighted by Crippen LogP contribution is 2.16. The third-order valence-corrected chi connectivity index (χ3v) is 2.29. The molecule has 1 aromatic rings. The maximum atomic E-state index is 11.7. The number of carbonyl (C=O) groups excluding carboxylic acids is 1. The van der Waals surface area contributed by atoms with E-state index in [1.165, 1.54) is 31.2 Å². The first-order chi connectivity index (χ1) is 7.91. The van der Waals surface area contributed by atoms with Crippen LogP contribution in [0.2, 0.25) is 0 Å². The fourth-order valence-corrected chi connectivity index (χ4v) is 1.39. The first-order valence-electron chi connectivity index (χ1n) is 4.92. The second kappa shape index (κ2) is 5.20. The van der Waals surface area contributed by atoms with Gasteiger partial charge in [-0.05, 0) is 12.1 Å². The zero-order chi connectivity index (χ0) is 13.0. The molecule has 0 saturated heterocycles. The van der Waals surface area contributed by atoms with E-state index in [2.05, 4.69) is 0 Å². The van der Waals surface area contributed by atoms with Gasteiger partial charge in [-0.2, -0.15) is 0 Å². The minimum absolute atomic E-state index is 0.104. The lowest BCUT2D eigenvalue weighted by atomic mass is 9.96. The summed E-state index contributed by atoms with van der Waals surface area (Å²) in [4.78, 5) is 32.0. The molecule has 0 spiro atoms. The van der Waals surface area contributed by atoms with E-state index in [9.17, 15) is 19.7 Å². The predicted molar refractivity (Wildman–Crippen MR) is 58.8 cm³/mol. The number of non-ortho nitro benzene ring substituents is 1. The Morgan fingerprint density at radius 1 is 1.35 bits per heavy atom. The molecule has 0 bridgehead atoms. The number of hydrogen-bond donors (Lipinski definition) is 1. The van der Waals surface area contributed by atoms with Crippen LogP contribution >= 0.6 is 0 Å². The number of carboxylic acid groups (broad SMARTS) is 1. The molecule has 0 unspecified atom stereocenters. The molecule has 0 aliphatic rings. The van der Waals surface area contributed by atoms with Gasteiger partial charge >= 0.3 is 5.97 Å². The summed E-state index contributed by atoms with van der Waals surface area (Å²) in [6.45, 7) is 1.51. The maximum Gasteiger partial charge on any atom is 0.304 e.